The van der Waals surface area contributed by atoms with Crippen LogP contribution in [-0.4, -0.2) is 27.3 Å². The van der Waals surface area contributed by atoms with E-state index in [0.717, 1.165) is 0 Å². The number of aliphatic hydroxyl groups excluding tert-OH is 1. The van der Waals surface area contributed by atoms with Gasteiger partial charge in [0.05, 0.1) is 10.5 Å². The SMILES string of the molecule is CC(CC1CSC(c2ccc3ccccc3c2)S1)SCO. The van der Waals surface area contributed by atoms with Crippen LogP contribution in [0.3, 0.4) is 0 Å². The highest BCUT2D eigenvalue weighted by Crippen LogP contribution is 2.51. The molecule has 112 valence electrons. The number of benzene rings is 2. The molecular weight excluding hydrogens is 316 g/mol. The van der Waals surface area contributed by atoms with Crippen LogP contribution in [0.5, 0.6) is 0 Å². The first-order valence-electron chi connectivity index (χ1n) is 7.24. The maximum absolute atomic E-state index is 8.99. The molecule has 2 aromatic rings. The van der Waals surface area contributed by atoms with E-state index in [4.69, 9.17) is 5.11 Å². The van der Waals surface area contributed by atoms with Gasteiger partial charge in [0, 0.05) is 16.3 Å². The fourth-order valence-electron chi connectivity index (χ4n) is 2.67. The zero-order valence-electron chi connectivity index (χ0n) is 12.1. The molecular formula is C17H20OS3. The standard InChI is InChI=1S/C17H20OS3/c1-12(20-11-18)8-16-10-19-17(21-16)15-7-6-13-4-2-3-5-14(13)9-15/h2-7,9,12,16-18H,8,10-11H2,1H3. The highest BCUT2D eigenvalue weighted by atomic mass is 32.2. The summed E-state index contributed by atoms with van der Waals surface area (Å²) in [6, 6.07) is 15.4. The molecule has 3 unspecified atom stereocenters. The van der Waals surface area contributed by atoms with Gasteiger partial charge in [-0.3, -0.25) is 0 Å². The van der Waals surface area contributed by atoms with Crippen molar-refractivity contribution in [1.29, 1.82) is 0 Å². The van der Waals surface area contributed by atoms with E-state index in [1.54, 1.807) is 11.8 Å². The number of fused-ring (bicyclic) bond motifs is 1. The Morgan fingerprint density at radius 1 is 1.24 bits per heavy atom. The summed E-state index contributed by atoms with van der Waals surface area (Å²) < 4.78 is 0.561. The summed E-state index contributed by atoms with van der Waals surface area (Å²) in [5.41, 5.74) is 1.44. The molecule has 0 aromatic heterocycles. The Balaban J connectivity index is 1.67. The lowest BCUT2D eigenvalue weighted by Gasteiger charge is -2.15. The molecule has 1 N–H and O–H groups in total. The maximum atomic E-state index is 8.99. The topological polar surface area (TPSA) is 20.2 Å². The van der Waals surface area contributed by atoms with Crippen LogP contribution in [0.2, 0.25) is 0 Å². The summed E-state index contributed by atoms with van der Waals surface area (Å²) in [5.74, 6) is 1.46. The minimum absolute atomic E-state index is 0.236. The van der Waals surface area contributed by atoms with Gasteiger partial charge in [-0.25, -0.2) is 0 Å². The molecule has 1 saturated heterocycles. The van der Waals surface area contributed by atoms with Crippen molar-refractivity contribution in [2.24, 2.45) is 0 Å². The highest BCUT2D eigenvalue weighted by molar-refractivity contribution is 8.19. The van der Waals surface area contributed by atoms with E-state index in [9.17, 15) is 0 Å². The van der Waals surface area contributed by atoms with E-state index in [-0.39, 0.29) is 5.94 Å². The van der Waals surface area contributed by atoms with Crippen LogP contribution < -0.4 is 0 Å². The lowest BCUT2D eigenvalue weighted by atomic mass is 10.1. The molecule has 0 bridgehead atoms. The molecule has 3 rings (SSSR count). The van der Waals surface area contributed by atoms with Gasteiger partial charge in [0.2, 0.25) is 0 Å². The molecule has 0 amide bonds. The van der Waals surface area contributed by atoms with Crippen molar-refractivity contribution in [3.63, 3.8) is 0 Å². The van der Waals surface area contributed by atoms with Crippen LogP contribution in [0.4, 0.5) is 0 Å². The minimum atomic E-state index is 0.236. The van der Waals surface area contributed by atoms with Crippen molar-refractivity contribution in [2.75, 3.05) is 11.7 Å². The second kappa shape index (κ2) is 7.32. The van der Waals surface area contributed by atoms with E-state index in [2.05, 4.69) is 72.9 Å². The molecule has 0 saturated carbocycles. The molecule has 0 radical (unpaired) electrons. The molecule has 1 heterocycles. The van der Waals surface area contributed by atoms with Crippen molar-refractivity contribution in [1.82, 2.24) is 0 Å². The van der Waals surface area contributed by atoms with E-state index in [0.29, 0.717) is 15.1 Å². The van der Waals surface area contributed by atoms with Crippen molar-refractivity contribution in [2.45, 2.75) is 28.4 Å². The fraction of sp³-hybridized carbons (Fsp3) is 0.412. The Kier molecular flexibility index (Phi) is 5.43. The van der Waals surface area contributed by atoms with Gasteiger partial charge in [-0.15, -0.1) is 35.3 Å². The lowest BCUT2D eigenvalue weighted by molar-refractivity contribution is 0.374. The van der Waals surface area contributed by atoms with E-state index in [1.165, 1.54) is 28.5 Å². The third kappa shape index (κ3) is 3.92. The molecule has 0 spiro atoms. The molecule has 2 aromatic carbocycles. The Morgan fingerprint density at radius 3 is 2.86 bits per heavy atom. The number of hydrogen-bond donors (Lipinski definition) is 1. The Labute approximate surface area is 139 Å². The van der Waals surface area contributed by atoms with Crippen LogP contribution in [0.1, 0.15) is 23.5 Å². The summed E-state index contributed by atoms with van der Waals surface area (Å²) in [5, 5.41) is 12.9. The van der Waals surface area contributed by atoms with Gasteiger partial charge in [0.25, 0.3) is 0 Å². The number of rotatable bonds is 5. The van der Waals surface area contributed by atoms with Gasteiger partial charge in [-0.2, -0.15) is 0 Å². The zero-order valence-corrected chi connectivity index (χ0v) is 14.5. The van der Waals surface area contributed by atoms with Gasteiger partial charge in [-0.05, 0) is 28.8 Å². The van der Waals surface area contributed by atoms with Gasteiger partial charge >= 0.3 is 0 Å². The predicted octanol–water partition coefficient (Wildman–Crippen LogP) is 5.15. The van der Waals surface area contributed by atoms with Crippen LogP contribution in [0, 0.1) is 0 Å². The second-order valence-corrected chi connectivity index (χ2v) is 9.61. The normalized spacial score (nSPS) is 23.5. The van der Waals surface area contributed by atoms with E-state index < -0.39 is 0 Å². The summed E-state index contributed by atoms with van der Waals surface area (Å²) >= 11 is 5.81. The van der Waals surface area contributed by atoms with E-state index in [1.807, 2.05) is 0 Å². The smallest absolute Gasteiger partial charge is 0.0888 e. The lowest BCUT2D eigenvalue weighted by Crippen LogP contribution is -2.09. The summed E-state index contributed by atoms with van der Waals surface area (Å²) in [6.45, 7) is 2.22. The minimum Gasteiger partial charge on any atom is -0.386 e. The number of hydrogen-bond acceptors (Lipinski definition) is 4. The van der Waals surface area contributed by atoms with Crippen LogP contribution in [0.15, 0.2) is 42.5 Å². The summed E-state index contributed by atoms with van der Waals surface area (Å²) in [7, 11) is 0. The molecule has 1 aliphatic rings. The monoisotopic (exact) mass is 336 g/mol. The Morgan fingerprint density at radius 2 is 2.05 bits per heavy atom. The predicted molar refractivity (Wildman–Crippen MR) is 99.3 cm³/mol. The van der Waals surface area contributed by atoms with Crippen molar-refractivity contribution in [3.8, 4) is 0 Å². The van der Waals surface area contributed by atoms with Crippen LogP contribution in [0.25, 0.3) is 10.8 Å². The van der Waals surface area contributed by atoms with Gasteiger partial charge in [0.15, 0.2) is 0 Å². The Bertz CT molecular complexity index is 601. The quantitative estimate of drug-likeness (QED) is 0.762. The van der Waals surface area contributed by atoms with Crippen LogP contribution >= 0.6 is 35.3 Å². The maximum Gasteiger partial charge on any atom is 0.0888 e. The van der Waals surface area contributed by atoms with Crippen LogP contribution in [-0.2, 0) is 0 Å². The number of thioether (sulfide) groups is 3. The molecule has 21 heavy (non-hydrogen) atoms. The molecule has 0 aliphatic carbocycles. The first-order valence-corrected chi connectivity index (χ1v) is 10.3. The third-order valence-electron chi connectivity index (χ3n) is 3.75. The van der Waals surface area contributed by atoms with E-state index >= 15 is 0 Å². The first kappa shape index (κ1) is 15.6. The molecule has 1 fully saturated rings. The van der Waals surface area contributed by atoms with Gasteiger partial charge < -0.3 is 5.11 Å². The zero-order chi connectivity index (χ0) is 14.7. The number of aliphatic hydroxyl groups is 1. The third-order valence-corrected chi connectivity index (χ3v) is 8.05. The van der Waals surface area contributed by atoms with Gasteiger partial charge in [-0.1, -0.05) is 43.3 Å². The van der Waals surface area contributed by atoms with Crippen molar-refractivity contribution < 1.29 is 5.11 Å². The first-order chi connectivity index (χ1) is 10.3. The second-order valence-electron chi connectivity index (χ2n) is 5.37. The fourth-order valence-corrected chi connectivity index (χ4v) is 6.90. The van der Waals surface area contributed by atoms with Crippen molar-refractivity contribution in [3.05, 3.63) is 48.0 Å². The molecule has 1 aliphatic heterocycles. The average Bonchev–Trinajstić information content (AvgIpc) is 2.95. The largest absolute Gasteiger partial charge is 0.386 e. The molecule has 1 nitrogen and oxygen atoms in total. The molecule has 3 atom stereocenters. The Hall–Kier alpha value is -0.290. The summed E-state index contributed by atoms with van der Waals surface area (Å²) in [4.78, 5) is 0. The summed E-state index contributed by atoms with van der Waals surface area (Å²) in [6.07, 6.45) is 1.19. The van der Waals surface area contributed by atoms with Gasteiger partial charge in [0.1, 0.15) is 0 Å². The average molecular weight is 337 g/mol. The highest BCUT2D eigenvalue weighted by Gasteiger charge is 2.28. The molecule has 4 heteroatoms. The van der Waals surface area contributed by atoms with Crippen molar-refractivity contribution >= 4 is 46.1 Å².